The molecule has 0 heterocycles. The number of hydrogen-bond acceptors (Lipinski definition) is 3. The molecule has 1 rings (SSSR count). The molecule has 0 aliphatic heterocycles. The first-order chi connectivity index (χ1) is 7.58. The van der Waals surface area contributed by atoms with E-state index in [0.717, 1.165) is 0 Å². The predicted octanol–water partition coefficient (Wildman–Crippen LogP) is 2.85. The van der Waals surface area contributed by atoms with Crippen molar-refractivity contribution in [2.75, 3.05) is 12.4 Å². The van der Waals surface area contributed by atoms with Gasteiger partial charge >= 0.3 is 0 Å². The number of nitrogens with one attached hydrogen (secondary N) is 1. The predicted molar refractivity (Wildman–Crippen MR) is 61.9 cm³/mol. The number of ether oxygens (including phenoxy) is 1. The van der Waals surface area contributed by atoms with E-state index < -0.39 is 5.91 Å². The van der Waals surface area contributed by atoms with E-state index in [-0.39, 0.29) is 6.42 Å². The third-order valence-corrected chi connectivity index (χ3v) is 2.29. The number of nitriles is 1. The third-order valence-electron chi connectivity index (χ3n) is 1.73. The van der Waals surface area contributed by atoms with Gasteiger partial charge in [0.15, 0.2) is 5.75 Å². The van der Waals surface area contributed by atoms with Crippen LogP contribution in [-0.2, 0) is 4.79 Å². The van der Waals surface area contributed by atoms with Crippen molar-refractivity contribution in [3.8, 4) is 11.8 Å². The Hall–Kier alpha value is -1.44. The van der Waals surface area contributed by atoms with Gasteiger partial charge in [0.2, 0.25) is 5.91 Å². The number of halogens is 2. The zero-order chi connectivity index (χ0) is 12.1. The zero-order valence-corrected chi connectivity index (χ0v) is 9.89. The van der Waals surface area contributed by atoms with E-state index in [9.17, 15) is 4.79 Å². The van der Waals surface area contributed by atoms with Crippen LogP contribution >= 0.6 is 23.2 Å². The van der Waals surface area contributed by atoms with Crippen molar-refractivity contribution in [1.82, 2.24) is 0 Å². The van der Waals surface area contributed by atoms with E-state index in [2.05, 4.69) is 5.32 Å². The maximum Gasteiger partial charge on any atom is 0.238 e. The van der Waals surface area contributed by atoms with Crippen LogP contribution in [0.25, 0.3) is 0 Å². The standard InChI is InChI=1S/C10H8Cl2N2O2/c1-16-10-7(11)4-6(5-8(10)12)14-9(15)2-3-13/h4-5H,2H2,1H3,(H,14,15). The fraction of sp³-hybridized carbons (Fsp3) is 0.200. The van der Waals surface area contributed by atoms with Crippen LogP contribution in [0.4, 0.5) is 5.69 Å². The molecule has 0 saturated heterocycles. The summed E-state index contributed by atoms with van der Waals surface area (Å²) in [4.78, 5) is 11.1. The van der Waals surface area contributed by atoms with Gasteiger partial charge in [-0.25, -0.2) is 0 Å². The molecule has 84 valence electrons. The summed E-state index contributed by atoms with van der Waals surface area (Å²) in [7, 11) is 1.45. The lowest BCUT2D eigenvalue weighted by atomic mass is 10.3. The SMILES string of the molecule is COc1c(Cl)cc(NC(=O)CC#N)cc1Cl. The molecule has 0 aliphatic carbocycles. The smallest absolute Gasteiger partial charge is 0.238 e. The Labute approximate surface area is 103 Å². The Morgan fingerprint density at radius 3 is 2.50 bits per heavy atom. The highest BCUT2D eigenvalue weighted by Gasteiger charge is 2.10. The van der Waals surface area contributed by atoms with Gasteiger partial charge in [-0.3, -0.25) is 4.79 Å². The van der Waals surface area contributed by atoms with Crippen molar-refractivity contribution in [2.24, 2.45) is 0 Å². The molecule has 0 aliphatic rings. The maximum atomic E-state index is 11.1. The lowest BCUT2D eigenvalue weighted by Crippen LogP contribution is -2.10. The van der Waals surface area contributed by atoms with Crippen LogP contribution in [0, 0.1) is 11.3 Å². The minimum Gasteiger partial charge on any atom is -0.494 e. The highest BCUT2D eigenvalue weighted by Crippen LogP contribution is 2.35. The summed E-state index contributed by atoms with van der Waals surface area (Å²) in [6.45, 7) is 0. The Bertz CT molecular complexity index is 432. The third kappa shape index (κ3) is 3.02. The minimum atomic E-state index is -0.417. The van der Waals surface area contributed by atoms with Crippen LogP contribution < -0.4 is 10.1 Å². The van der Waals surface area contributed by atoms with Gasteiger partial charge < -0.3 is 10.1 Å². The van der Waals surface area contributed by atoms with Crippen molar-refractivity contribution >= 4 is 34.8 Å². The fourth-order valence-electron chi connectivity index (χ4n) is 1.10. The Morgan fingerprint density at radius 1 is 1.50 bits per heavy atom. The molecule has 1 N–H and O–H groups in total. The topological polar surface area (TPSA) is 62.1 Å². The van der Waals surface area contributed by atoms with Crippen LogP contribution in [0.5, 0.6) is 5.75 Å². The summed E-state index contributed by atoms with van der Waals surface area (Å²) < 4.78 is 4.95. The molecular formula is C10H8Cl2N2O2. The van der Waals surface area contributed by atoms with E-state index in [1.54, 1.807) is 6.07 Å². The number of hydrogen-bond donors (Lipinski definition) is 1. The molecule has 0 radical (unpaired) electrons. The summed E-state index contributed by atoms with van der Waals surface area (Å²) >= 11 is 11.7. The van der Waals surface area contributed by atoms with Gasteiger partial charge in [-0.05, 0) is 12.1 Å². The number of methoxy groups -OCH3 is 1. The van der Waals surface area contributed by atoms with Gasteiger partial charge in [0.05, 0.1) is 23.2 Å². The number of benzene rings is 1. The maximum absolute atomic E-state index is 11.1. The second kappa shape index (κ2) is 5.59. The molecule has 0 unspecified atom stereocenters. The summed E-state index contributed by atoms with van der Waals surface area (Å²) in [5.41, 5.74) is 0.427. The molecule has 4 nitrogen and oxygen atoms in total. The largest absolute Gasteiger partial charge is 0.494 e. The molecule has 0 saturated carbocycles. The molecule has 0 fully saturated rings. The number of anilines is 1. The summed E-state index contributed by atoms with van der Waals surface area (Å²) in [5.74, 6) is -0.0681. The average molecular weight is 259 g/mol. The van der Waals surface area contributed by atoms with Gasteiger partial charge in [0.25, 0.3) is 0 Å². The molecule has 16 heavy (non-hydrogen) atoms. The molecule has 0 aromatic heterocycles. The van der Waals surface area contributed by atoms with E-state index >= 15 is 0 Å². The first kappa shape index (κ1) is 12.6. The molecular weight excluding hydrogens is 251 g/mol. The van der Waals surface area contributed by atoms with Crippen LogP contribution in [0.3, 0.4) is 0 Å². The summed E-state index contributed by atoms with van der Waals surface area (Å²) in [6, 6.07) is 4.74. The number of carbonyl (C=O) groups is 1. The van der Waals surface area contributed by atoms with E-state index in [4.69, 9.17) is 33.2 Å². The molecule has 0 atom stereocenters. The highest BCUT2D eigenvalue weighted by atomic mass is 35.5. The average Bonchev–Trinajstić information content (AvgIpc) is 2.17. The molecule has 0 spiro atoms. The Morgan fingerprint density at radius 2 is 2.06 bits per heavy atom. The zero-order valence-electron chi connectivity index (χ0n) is 8.38. The van der Waals surface area contributed by atoms with Crippen LogP contribution in [0.2, 0.25) is 10.0 Å². The van der Waals surface area contributed by atoms with Gasteiger partial charge in [-0.15, -0.1) is 0 Å². The van der Waals surface area contributed by atoms with E-state index in [1.165, 1.54) is 19.2 Å². The first-order valence-electron chi connectivity index (χ1n) is 4.28. The first-order valence-corrected chi connectivity index (χ1v) is 5.04. The van der Waals surface area contributed by atoms with Gasteiger partial charge in [0.1, 0.15) is 6.42 Å². The lowest BCUT2D eigenvalue weighted by molar-refractivity contribution is -0.115. The van der Waals surface area contributed by atoms with Crippen molar-refractivity contribution in [2.45, 2.75) is 6.42 Å². The normalized spacial score (nSPS) is 9.38. The van der Waals surface area contributed by atoms with Crippen LogP contribution in [-0.4, -0.2) is 13.0 Å². The lowest BCUT2D eigenvalue weighted by Gasteiger charge is -2.09. The van der Waals surface area contributed by atoms with Gasteiger partial charge in [-0.1, -0.05) is 23.2 Å². The highest BCUT2D eigenvalue weighted by molar-refractivity contribution is 6.37. The summed E-state index contributed by atoms with van der Waals surface area (Å²) in [6.07, 6.45) is -0.221. The van der Waals surface area contributed by atoms with Gasteiger partial charge in [-0.2, -0.15) is 5.26 Å². The Balaban J connectivity index is 2.92. The number of carbonyl (C=O) groups excluding carboxylic acids is 1. The number of rotatable bonds is 3. The van der Waals surface area contributed by atoms with Gasteiger partial charge in [0, 0.05) is 5.69 Å². The molecule has 1 amide bonds. The van der Waals surface area contributed by atoms with E-state index in [0.29, 0.717) is 21.5 Å². The molecule has 6 heteroatoms. The van der Waals surface area contributed by atoms with Crippen LogP contribution in [0.15, 0.2) is 12.1 Å². The number of nitrogens with zero attached hydrogens (tertiary/aromatic N) is 1. The minimum absolute atomic E-state index is 0.221. The Kier molecular flexibility index (Phi) is 4.41. The van der Waals surface area contributed by atoms with E-state index in [1.807, 2.05) is 0 Å². The fourth-order valence-corrected chi connectivity index (χ4v) is 1.75. The second-order valence-electron chi connectivity index (χ2n) is 2.86. The van der Waals surface area contributed by atoms with Crippen LogP contribution in [0.1, 0.15) is 6.42 Å². The number of amides is 1. The summed E-state index contributed by atoms with van der Waals surface area (Å²) in [5, 5.41) is 11.4. The molecule has 0 bridgehead atoms. The quantitative estimate of drug-likeness (QED) is 0.907. The monoisotopic (exact) mass is 258 g/mol. The van der Waals surface area contributed by atoms with Crippen molar-refractivity contribution in [3.05, 3.63) is 22.2 Å². The van der Waals surface area contributed by atoms with Crippen molar-refractivity contribution in [3.63, 3.8) is 0 Å². The van der Waals surface area contributed by atoms with Crippen molar-refractivity contribution < 1.29 is 9.53 Å². The van der Waals surface area contributed by atoms with Crippen molar-refractivity contribution in [1.29, 1.82) is 5.26 Å². The second-order valence-corrected chi connectivity index (χ2v) is 3.67. The molecule has 1 aromatic rings. The molecule has 1 aromatic carbocycles.